The number of anilines is 1. The predicted octanol–water partition coefficient (Wildman–Crippen LogP) is 5.14. The Morgan fingerprint density at radius 3 is 2.64 bits per heavy atom. The molecule has 0 spiro atoms. The molecule has 1 aliphatic heterocycles. The van der Waals surface area contributed by atoms with Gasteiger partial charge in [0.2, 0.25) is 11.8 Å². The van der Waals surface area contributed by atoms with Crippen LogP contribution in [0.25, 0.3) is 0 Å². The van der Waals surface area contributed by atoms with Crippen LogP contribution in [0.2, 0.25) is 10.0 Å². The lowest BCUT2D eigenvalue weighted by molar-refractivity contribution is -0.127. The number of carbonyl (C=O) groups excluding carboxylic acids is 2. The van der Waals surface area contributed by atoms with Gasteiger partial charge in [0.15, 0.2) is 5.17 Å². The average Bonchev–Trinajstić information content (AvgIpc) is 2.93. The Bertz CT molecular complexity index is 931. The summed E-state index contributed by atoms with van der Waals surface area (Å²) in [5.41, 5.74) is 1.27. The molecule has 5 nitrogen and oxygen atoms in total. The fraction of sp³-hybridized carbons (Fsp3) is 0.150. The second kappa shape index (κ2) is 9.28. The maximum atomic E-state index is 12.7. The molecule has 1 N–H and O–H groups in total. The van der Waals surface area contributed by atoms with E-state index in [2.05, 4.69) is 16.9 Å². The lowest BCUT2D eigenvalue weighted by Gasteiger charge is -2.13. The molecule has 1 saturated heterocycles. The van der Waals surface area contributed by atoms with Crippen molar-refractivity contribution in [1.29, 1.82) is 0 Å². The first-order valence-electron chi connectivity index (χ1n) is 8.45. The number of amidine groups is 1. The van der Waals surface area contributed by atoms with E-state index >= 15 is 0 Å². The summed E-state index contributed by atoms with van der Waals surface area (Å²) in [7, 11) is 0. The minimum Gasteiger partial charge on any atom is -0.326 e. The van der Waals surface area contributed by atoms with Crippen LogP contribution in [-0.4, -0.2) is 33.7 Å². The summed E-state index contributed by atoms with van der Waals surface area (Å²) in [6.07, 6.45) is 1.66. The van der Waals surface area contributed by atoms with Gasteiger partial charge < -0.3 is 5.32 Å². The summed E-state index contributed by atoms with van der Waals surface area (Å²) >= 11 is 13.1. The Morgan fingerprint density at radius 1 is 1.21 bits per heavy atom. The Balaban J connectivity index is 1.73. The number of nitrogens with zero attached hydrogens (tertiary/aromatic N) is 2. The van der Waals surface area contributed by atoms with Crippen LogP contribution in [0.4, 0.5) is 11.4 Å². The van der Waals surface area contributed by atoms with E-state index in [1.165, 1.54) is 16.7 Å². The molecule has 0 saturated carbocycles. The van der Waals surface area contributed by atoms with Gasteiger partial charge in [-0.1, -0.05) is 47.1 Å². The van der Waals surface area contributed by atoms with Gasteiger partial charge >= 0.3 is 0 Å². The van der Waals surface area contributed by atoms with Crippen molar-refractivity contribution in [2.24, 2.45) is 4.99 Å². The number of nitrogens with one attached hydrogen (secondary N) is 1. The van der Waals surface area contributed by atoms with Gasteiger partial charge in [-0.25, -0.2) is 4.99 Å². The highest BCUT2D eigenvalue weighted by Crippen LogP contribution is 2.32. The van der Waals surface area contributed by atoms with Gasteiger partial charge in [0, 0.05) is 28.7 Å². The Labute approximate surface area is 177 Å². The maximum Gasteiger partial charge on any atom is 0.242 e. The van der Waals surface area contributed by atoms with E-state index in [0.29, 0.717) is 33.1 Å². The number of halogens is 2. The number of benzene rings is 2. The fourth-order valence-electron chi connectivity index (χ4n) is 2.59. The third-order valence-electron chi connectivity index (χ3n) is 3.86. The van der Waals surface area contributed by atoms with Crippen molar-refractivity contribution < 1.29 is 9.59 Å². The van der Waals surface area contributed by atoms with E-state index in [4.69, 9.17) is 23.2 Å². The number of hydrogen-bond donors (Lipinski definition) is 1. The van der Waals surface area contributed by atoms with Gasteiger partial charge in [-0.2, -0.15) is 0 Å². The highest BCUT2D eigenvalue weighted by atomic mass is 35.5. The zero-order valence-corrected chi connectivity index (χ0v) is 17.1. The summed E-state index contributed by atoms with van der Waals surface area (Å²) < 4.78 is 0. The third-order valence-corrected chi connectivity index (χ3v) is 5.53. The molecular formula is C20H17Cl2N3O2S. The molecular weight excluding hydrogens is 417 g/mol. The standard InChI is InChI=1S/C20H17Cl2N3O2S/c1-2-10-25-19(27)17(12-18(26)23-15-8-6-13(21)7-9-15)28-20(25)24-16-5-3-4-14(22)11-16/h2-9,11,17H,1,10,12H2,(H,23,26)/t17-/m0/s1. The average molecular weight is 434 g/mol. The topological polar surface area (TPSA) is 61.8 Å². The first-order chi connectivity index (χ1) is 13.5. The van der Waals surface area contributed by atoms with Crippen LogP contribution in [0.1, 0.15) is 6.42 Å². The molecule has 0 aromatic heterocycles. The van der Waals surface area contributed by atoms with Crippen LogP contribution < -0.4 is 5.32 Å². The fourth-order valence-corrected chi connectivity index (χ4v) is 4.07. The molecule has 144 valence electrons. The van der Waals surface area contributed by atoms with Crippen molar-refractivity contribution >= 4 is 63.3 Å². The summed E-state index contributed by atoms with van der Waals surface area (Å²) in [6, 6.07) is 13.9. The zero-order valence-electron chi connectivity index (χ0n) is 14.8. The second-order valence-corrected chi connectivity index (χ2v) is 8.02. The van der Waals surface area contributed by atoms with Crippen LogP contribution in [-0.2, 0) is 9.59 Å². The van der Waals surface area contributed by atoms with E-state index in [-0.39, 0.29) is 18.2 Å². The minimum atomic E-state index is -0.551. The number of carbonyl (C=O) groups is 2. The number of hydrogen-bond acceptors (Lipinski definition) is 4. The summed E-state index contributed by atoms with van der Waals surface area (Å²) in [4.78, 5) is 31.2. The highest BCUT2D eigenvalue weighted by molar-refractivity contribution is 8.15. The van der Waals surface area contributed by atoms with Gasteiger partial charge in [0.1, 0.15) is 5.25 Å². The number of rotatable bonds is 6. The van der Waals surface area contributed by atoms with Crippen molar-refractivity contribution in [3.8, 4) is 0 Å². The molecule has 0 aliphatic carbocycles. The Morgan fingerprint density at radius 2 is 1.96 bits per heavy atom. The molecule has 8 heteroatoms. The van der Waals surface area contributed by atoms with Crippen molar-refractivity contribution in [1.82, 2.24) is 4.90 Å². The van der Waals surface area contributed by atoms with E-state index in [1.807, 2.05) is 0 Å². The van der Waals surface area contributed by atoms with Gasteiger partial charge in [-0.3, -0.25) is 14.5 Å². The smallest absolute Gasteiger partial charge is 0.242 e. The highest BCUT2D eigenvalue weighted by Gasteiger charge is 2.38. The molecule has 1 heterocycles. The van der Waals surface area contributed by atoms with Gasteiger partial charge in [0.25, 0.3) is 0 Å². The molecule has 1 atom stereocenters. The largest absolute Gasteiger partial charge is 0.326 e. The van der Waals surface area contributed by atoms with Gasteiger partial charge in [-0.05, 0) is 42.5 Å². The maximum absolute atomic E-state index is 12.7. The van der Waals surface area contributed by atoms with Crippen molar-refractivity contribution in [3.63, 3.8) is 0 Å². The summed E-state index contributed by atoms with van der Waals surface area (Å²) in [5.74, 6) is -0.423. The summed E-state index contributed by atoms with van der Waals surface area (Å²) in [5, 5.41) is 3.90. The molecule has 1 fully saturated rings. The molecule has 0 unspecified atom stereocenters. The lowest BCUT2D eigenvalue weighted by Crippen LogP contribution is -2.33. The van der Waals surface area contributed by atoms with Crippen LogP contribution in [0.15, 0.2) is 66.2 Å². The van der Waals surface area contributed by atoms with Crippen molar-refractivity contribution in [2.45, 2.75) is 11.7 Å². The molecule has 0 radical (unpaired) electrons. The SMILES string of the molecule is C=CCN1C(=O)[C@H](CC(=O)Nc2ccc(Cl)cc2)SC1=Nc1cccc(Cl)c1. The first-order valence-corrected chi connectivity index (χ1v) is 10.1. The molecule has 2 aromatic carbocycles. The monoisotopic (exact) mass is 433 g/mol. The summed E-state index contributed by atoms with van der Waals surface area (Å²) in [6.45, 7) is 4.01. The molecule has 28 heavy (non-hydrogen) atoms. The Kier molecular flexibility index (Phi) is 6.78. The second-order valence-electron chi connectivity index (χ2n) is 5.98. The van der Waals surface area contributed by atoms with Gasteiger partial charge in [-0.15, -0.1) is 6.58 Å². The van der Waals surface area contributed by atoms with E-state index in [9.17, 15) is 9.59 Å². The molecule has 1 aliphatic rings. The van der Waals surface area contributed by atoms with E-state index in [0.717, 1.165) is 0 Å². The first kappa shape index (κ1) is 20.5. The minimum absolute atomic E-state index is 0.0360. The lowest BCUT2D eigenvalue weighted by atomic mass is 10.2. The zero-order chi connectivity index (χ0) is 20.1. The molecule has 2 aromatic rings. The normalized spacial score (nSPS) is 17.8. The quantitative estimate of drug-likeness (QED) is 0.641. The Hall–Kier alpha value is -2.28. The molecule has 0 bridgehead atoms. The third kappa shape index (κ3) is 5.16. The van der Waals surface area contributed by atoms with Crippen LogP contribution in [0.5, 0.6) is 0 Å². The van der Waals surface area contributed by atoms with E-state index in [1.54, 1.807) is 54.6 Å². The number of thioether (sulfide) groups is 1. The number of amides is 2. The van der Waals surface area contributed by atoms with Gasteiger partial charge in [0.05, 0.1) is 5.69 Å². The molecule has 2 amide bonds. The van der Waals surface area contributed by atoms with Crippen LogP contribution >= 0.6 is 35.0 Å². The van der Waals surface area contributed by atoms with Crippen molar-refractivity contribution in [2.75, 3.05) is 11.9 Å². The molecule has 3 rings (SSSR count). The predicted molar refractivity (Wildman–Crippen MR) is 117 cm³/mol. The van der Waals surface area contributed by atoms with Crippen LogP contribution in [0.3, 0.4) is 0 Å². The van der Waals surface area contributed by atoms with E-state index < -0.39 is 5.25 Å². The number of aliphatic imine (C=N–C) groups is 1. The van der Waals surface area contributed by atoms with Crippen molar-refractivity contribution in [3.05, 3.63) is 71.2 Å². The van der Waals surface area contributed by atoms with Crippen LogP contribution in [0, 0.1) is 0 Å².